The molecule has 4 rings (SSSR count). The van der Waals surface area contributed by atoms with Gasteiger partial charge in [0.25, 0.3) is 5.92 Å². The molecule has 1 aliphatic heterocycles. The van der Waals surface area contributed by atoms with E-state index in [4.69, 9.17) is 10.00 Å². The molecule has 1 aromatic carbocycles. The van der Waals surface area contributed by atoms with Gasteiger partial charge in [0.15, 0.2) is 5.65 Å². The van der Waals surface area contributed by atoms with Crippen molar-refractivity contribution in [2.24, 2.45) is 0 Å². The van der Waals surface area contributed by atoms with Crippen molar-refractivity contribution in [1.82, 2.24) is 14.6 Å². The number of anilines is 1. The minimum atomic E-state index is -3.04. The first-order valence-electron chi connectivity index (χ1n) is 9.18. The summed E-state index contributed by atoms with van der Waals surface area (Å²) in [5.74, 6) is -4.16. The molecule has 0 saturated carbocycles. The number of ether oxygens (including phenoxy) is 1. The number of fused-ring (bicyclic) bond motifs is 1. The molecule has 0 aliphatic carbocycles. The molecule has 10 heteroatoms. The number of hydrogen-bond acceptors (Lipinski definition) is 6. The molecule has 0 N–H and O–H groups in total. The van der Waals surface area contributed by atoms with E-state index in [0.717, 1.165) is 12.1 Å². The number of nitriles is 1. The molecule has 0 spiro atoms. The van der Waals surface area contributed by atoms with Gasteiger partial charge in [-0.25, -0.2) is 27.5 Å². The van der Waals surface area contributed by atoms with Crippen LogP contribution >= 0.6 is 0 Å². The van der Waals surface area contributed by atoms with E-state index < -0.39 is 36.7 Å². The highest BCUT2D eigenvalue weighted by molar-refractivity contribution is 5.95. The van der Waals surface area contributed by atoms with Gasteiger partial charge in [0.2, 0.25) is 0 Å². The number of nitrogens with zero attached hydrogens (tertiary/aromatic N) is 5. The van der Waals surface area contributed by atoms with E-state index in [2.05, 4.69) is 10.1 Å². The number of hydrogen-bond donors (Lipinski definition) is 0. The Balaban J connectivity index is 1.78. The third-order valence-electron chi connectivity index (χ3n) is 4.85. The minimum absolute atomic E-state index is 0.0453. The molecule has 3 aromatic rings. The van der Waals surface area contributed by atoms with Gasteiger partial charge in [-0.05, 0) is 36.8 Å². The molecule has 0 amide bonds. The summed E-state index contributed by atoms with van der Waals surface area (Å²) in [6, 6.07) is 6.01. The SMILES string of the molecule is CCOC(=O)c1cnn2ccc(N3CC(F)(F)C[C@@H]3c3cc(F)cc(C#N)c3)nc12. The molecule has 2 aromatic heterocycles. The first kappa shape index (κ1) is 19.7. The Morgan fingerprint density at radius 1 is 1.40 bits per heavy atom. The molecule has 0 bridgehead atoms. The van der Waals surface area contributed by atoms with E-state index in [1.54, 1.807) is 6.92 Å². The molecule has 3 heterocycles. The average Bonchev–Trinajstić information content (AvgIpc) is 3.27. The van der Waals surface area contributed by atoms with Crippen molar-refractivity contribution in [3.05, 3.63) is 59.2 Å². The van der Waals surface area contributed by atoms with Crippen LogP contribution in [0.1, 0.15) is 40.9 Å². The summed E-state index contributed by atoms with van der Waals surface area (Å²) in [7, 11) is 0. The highest BCUT2D eigenvalue weighted by Crippen LogP contribution is 2.43. The van der Waals surface area contributed by atoms with Crippen molar-refractivity contribution >= 4 is 17.4 Å². The zero-order chi connectivity index (χ0) is 21.5. The summed E-state index contributed by atoms with van der Waals surface area (Å²) in [5.41, 5.74) is 0.573. The third-order valence-corrected chi connectivity index (χ3v) is 4.85. The van der Waals surface area contributed by atoms with Gasteiger partial charge in [0.1, 0.15) is 17.2 Å². The van der Waals surface area contributed by atoms with E-state index in [9.17, 15) is 18.0 Å². The summed E-state index contributed by atoms with van der Waals surface area (Å²) in [5, 5.41) is 13.1. The van der Waals surface area contributed by atoms with Crippen LogP contribution in [-0.2, 0) is 4.74 Å². The summed E-state index contributed by atoms with van der Waals surface area (Å²) >= 11 is 0. The molecule has 0 radical (unpaired) electrons. The first-order valence-corrected chi connectivity index (χ1v) is 9.18. The van der Waals surface area contributed by atoms with E-state index in [-0.39, 0.29) is 34.8 Å². The van der Waals surface area contributed by atoms with Gasteiger partial charge in [-0.3, -0.25) is 0 Å². The van der Waals surface area contributed by atoms with Crippen LogP contribution < -0.4 is 4.90 Å². The van der Waals surface area contributed by atoms with Gasteiger partial charge in [-0.2, -0.15) is 10.4 Å². The van der Waals surface area contributed by atoms with Crippen molar-refractivity contribution in [2.45, 2.75) is 25.3 Å². The smallest absolute Gasteiger partial charge is 0.343 e. The predicted molar refractivity (Wildman–Crippen MR) is 99.7 cm³/mol. The molecular weight excluding hydrogens is 399 g/mol. The number of carbonyl (C=O) groups excluding carboxylic acids is 1. The second-order valence-corrected chi connectivity index (χ2v) is 6.92. The number of esters is 1. The van der Waals surface area contributed by atoms with Gasteiger partial charge in [0, 0.05) is 12.6 Å². The predicted octanol–water partition coefficient (Wildman–Crippen LogP) is 3.50. The van der Waals surface area contributed by atoms with Crippen molar-refractivity contribution in [3.8, 4) is 6.07 Å². The maximum atomic E-state index is 14.3. The molecule has 154 valence electrons. The van der Waals surface area contributed by atoms with E-state index in [1.165, 1.54) is 33.9 Å². The normalized spacial score (nSPS) is 17.8. The quantitative estimate of drug-likeness (QED) is 0.607. The first-order chi connectivity index (χ1) is 14.3. The highest BCUT2D eigenvalue weighted by Gasteiger charge is 2.46. The number of halogens is 3. The van der Waals surface area contributed by atoms with Crippen LogP contribution in [-0.4, -0.2) is 39.6 Å². The lowest BCUT2D eigenvalue weighted by Gasteiger charge is -2.25. The van der Waals surface area contributed by atoms with Crippen LogP contribution in [0.2, 0.25) is 0 Å². The number of benzene rings is 1. The summed E-state index contributed by atoms with van der Waals surface area (Å²) in [6.45, 7) is 1.19. The van der Waals surface area contributed by atoms with Gasteiger partial charge in [0.05, 0.1) is 37.0 Å². The minimum Gasteiger partial charge on any atom is -0.462 e. The van der Waals surface area contributed by atoms with E-state index in [1.807, 2.05) is 6.07 Å². The van der Waals surface area contributed by atoms with Crippen LogP contribution in [0.15, 0.2) is 36.7 Å². The van der Waals surface area contributed by atoms with Crippen molar-refractivity contribution in [2.75, 3.05) is 18.1 Å². The molecule has 1 aliphatic rings. The van der Waals surface area contributed by atoms with Crippen LogP contribution in [0.25, 0.3) is 5.65 Å². The number of aromatic nitrogens is 3. The van der Waals surface area contributed by atoms with Crippen molar-refractivity contribution in [3.63, 3.8) is 0 Å². The largest absolute Gasteiger partial charge is 0.462 e. The molecule has 1 atom stereocenters. The zero-order valence-electron chi connectivity index (χ0n) is 15.8. The summed E-state index contributed by atoms with van der Waals surface area (Å²) in [4.78, 5) is 17.8. The molecule has 0 unspecified atom stereocenters. The van der Waals surface area contributed by atoms with E-state index >= 15 is 0 Å². The molecular formula is C20H16F3N5O2. The molecule has 1 saturated heterocycles. The second kappa shape index (κ2) is 7.33. The standard InChI is InChI=1S/C20H16F3N5O2/c1-2-30-19(29)15-10-25-28-4-3-17(26-18(15)28)27-11-20(22,23)8-16(27)13-5-12(9-24)6-14(21)7-13/h3-7,10,16H,2,8,11H2,1H3/t16-/m1/s1. The Kier molecular flexibility index (Phi) is 4.81. The Labute approximate surface area is 169 Å². The lowest BCUT2D eigenvalue weighted by Crippen LogP contribution is -2.27. The van der Waals surface area contributed by atoms with Gasteiger partial charge >= 0.3 is 5.97 Å². The molecule has 30 heavy (non-hydrogen) atoms. The van der Waals surface area contributed by atoms with Gasteiger partial charge in [-0.1, -0.05) is 0 Å². The Morgan fingerprint density at radius 2 is 2.20 bits per heavy atom. The Bertz CT molecular complexity index is 1170. The Morgan fingerprint density at radius 3 is 2.93 bits per heavy atom. The summed E-state index contributed by atoms with van der Waals surface area (Å²) < 4.78 is 48.9. The molecule has 7 nitrogen and oxygen atoms in total. The highest BCUT2D eigenvalue weighted by atomic mass is 19.3. The fourth-order valence-corrected chi connectivity index (χ4v) is 3.60. The molecule has 1 fully saturated rings. The number of rotatable bonds is 4. The van der Waals surface area contributed by atoms with E-state index in [0.29, 0.717) is 0 Å². The van der Waals surface area contributed by atoms with Crippen LogP contribution in [0.3, 0.4) is 0 Å². The lowest BCUT2D eigenvalue weighted by atomic mass is 10.0. The zero-order valence-corrected chi connectivity index (χ0v) is 15.8. The Hall–Kier alpha value is -3.61. The fourth-order valence-electron chi connectivity index (χ4n) is 3.60. The lowest BCUT2D eigenvalue weighted by molar-refractivity contribution is 0.0222. The summed E-state index contributed by atoms with van der Waals surface area (Å²) in [6.07, 6.45) is 2.24. The number of carbonyl (C=O) groups is 1. The van der Waals surface area contributed by atoms with Gasteiger partial charge in [-0.15, -0.1) is 0 Å². The van der Waals surface area contributed by atoms with Crippen LogP contribution in [0, 0.1) is 17.1 Å². The van der Waals surface area contributed by atoms with Gasteiger partial charge < -0.3 is 9.64 Å². The fraction of sp³-hybridized carbons (Fsp3) is 0.300. The monoisotopic (exact) mass is 415 g/mol. The third kappa shape index (κ3) is 3.54. The van der Waals surface area contributed by atoms with Crippen LogP contribution in [0.4, 0.5) is 19.0 Å². The maximum Gasteiger partial charge on any atom is 0.343 e. The van der Waals surface area contributed by atoms with Crippen molar-refractivity contribution in [1.29, 1.82) is 5.26 Å². The average molecular weight is 415 g/mol. The second-order valence-electron chi connectivity index (χ2n) is 6.92. The van der Waals surface area contributed by atoms with Crippen molar-refractivity contribution < 1.29 is 22.7 Å². The number of alkyl halides is 2. The van der Waals surface area contributed by atoms with Crippen LogP contribution in [0.5, 0.6) is 0 Å². The topological polar surface area (TPSA) is 83.5 Å². The maximum absolute atomic E-state index is 14.3.